The fourth-order valence-electron chi connectivity index (χ4n) is 2.69. The Kier molecular flexibility index (Phi) is 5.79. The lowest BCUT2D eigenvalue weighted by molar-refractivity contribution is 0.141. The Morgan fingerprint density at radius 2 is 1.72 bits per heavy atom. The van der Waals surface area contributed by atoms with E-state index in [1.165, 1.54) is 5.56 Å². The summed E-state index contributed by atoms with van der Waals surface area (Å²) in [6.07, 6.45) is 0.754. The van der Waals surface area contributed by atoms with Crippen molar-refractivity contribution in [2.75, 3.05) is 25.1 Å². The molecule has 0 radical (unpaired) electrons. The predicted octanol–water partition coefficient (Wildman–Crippen LogP) is 5.13. The molecule has 0 aromatic heterocycles. The van der Waals surface area contributed by atoms with E-state index in [1.807, 2.05) is 62.4 Å². The average Bonchev–Trinajstić information content (AvgIpc) is 2.63. The molecule has 0 aliphatic carbocycles. The van der Waals surface area contributed by atoms with Gasteiger partial charge in [0.05, 0.1) is 19.8 Å². The van der Waals surface area contributed by atoms with Crippen LogP contribution in [-0.2, 0) is 13.6 Å². The number of rotatable bonds is 6. The average molecular weight is 361 g/mol. The van der Waals surface area contributed by atoms with Gasteiger partial charge in [0, 0.05) is 5.69 Å². The highest BCUT2D eigenvalue weighted by molar-refractivity contribution is 7.54. The van der Waals surface area contributed by atoms with Crippen molar-refractivity contribution >= 4 is 13.3 Å². The van der Waals surface area contributed by atoms with Crippen LogP contribution in [0.4, 0.5) is 5.69 Å². The minimum absolute atomic E-state index is 0.445. The van der Waals surface area contributed by atoms with E-state index >= 15 is 0 Å². The summed E-state index contributed by atoms with van der Waals surface area (Å²) < 4.78 is 30.0. The van der Waals surface area contributed by atoms with Crippen LogP contribution in [0.2, 0.25) is 0 Å². The first-order valence-electron chi connectivity index (χ1n) is 8.55. The summed E-state index contributed by atoms with van der Waals surface area (Å²) in [7, 11) is -3.31. The van der Waals surface area contributed by atoms with E-state index in [0.29, 0.717) is 19.8 Å². The van der Waals surface area contributed by atoms with Gasteiger partial charge < -0.3 is 19.1 Å². The summed E-state index contributed by atoms with van der Waals surface area (Å²) in [6, 6.07) is 15.5. The van der Waals surface area contributed by atoms with Gasteiger partial charge in [0.2, 0.25) is 0 Å². The zero-order valence-corrected chi connectivity index (χ0v) is 15.5. The number of ether oxygens (including phenoxy) is 1. The molecule has 1 N–H and O–H groups in total. The van der Waals surface area contributed by atoms with Crippen molar-refractivity contribution in [2.24, 2.45) is 0 Å². The molecule has 0 spiro atoms. The molecule has 1 atom stereocenters. The smallest absolute Gasteiger partial charge is 0.357 e. The lowest BCUT2D eigenvalue weighted by atomic mass is 10.2. The van der Waals surface area contributed by atoms with E-state index in [-0.39, 0.29) is 0 Å². The molecule has 0 unspecified atom stereocenters. The van der Waals surface area contributed by atoms with Crippen molar-refractivity contribution in [3.8, 4) is 5.75 Å². The lowest BCUT2D eigenvalue weighted by Crippen LogP contribution is -2.19. The van der Waals surface area contributed by atoms with Gasteiger partial charge >= 0.3 is 7.60 Å². The molecule has 5 nitrogen and oxygen atoms in total. The highest BCUT2D eigenvalue weighted by Crippen LogP contribution is 2.62. The Bertz CT molecular complexity index is 720. The number of aryl methyl sites for hydroxylation is 1. The first kappa shape index (κ1) is 18.0. The van der Waals surface area contributed by atoms with Gasteiger partial charge in [-0.15, -0.1) is 0 Å². The van der Waals surface area contributed by atoms with Gasteiger partial charge in [-0.1, -0.05) is 29.8 Å². The first-order valence-corrected chi connectivity index (χ1v) is 10.2. The number of nitrogens with one attached hydrogen (secondary N) is 1. The zero-order valence-electron chi connectivity index (χ0n) is 14.6. The molecule has 1 fully saturated rings. The monoisotopic (exact) mass is 361 g/mol. The minimum atomic E-state index is -3.31. The van der Waals surface area contributed by atoms with E-state index in [4.69, 9.17) is 13.8 Å². The molecular weight excluding hydrogens is 337 g/mol. The third kappa shape index (κ3) is 4.43. The topological polar surface area (TPSA) is 56.8 Å². The van der Waals surface area contributed by atoms with E-state index in [0.717, 1.165) is 23.4 Å². The molecule has 0 saturated carbocycles. The maximum atomic E-state index is 13.3. The molecule has 1 heterocycles. The standard InChI is InChI=1S/C19H24NO4P/c1-3-22-18-11-7-16(8-12-18)19(25(21)23-13-4-14-24-25)20-17-9-5-15(2)6-10-17/h5-12,19-20H,3-4,13-14H2,1-2H3/t19-/m0/s1. The van der Waals surface area contributed by atoms with E-state index in [1.54, 1.807) is 0 Å². The van der Waals surface area contributed by atoms with Crippen LogP contribution in [-0.4, -0.2) is 19.8 Å². The second kappa shape index (κ2) is 8.05. The van der Waals surface area contributed by atoms with Gasteiger partial charge in [-0.25, -0.2) is 0 Å². The number of benzene rings is 2. The van der Waals surface area contributed by atoms with Crippen molar-refractivity contribution in [1.82, 2.24) is 0 Å². The van der Waals surface area contributed by atoms with E-state index in [2.05, 4.69) is 5.32 Å². The molecule has 1 aliphatic heterocycles. The van der Waals surface area contributed by atoms with E-state index < -0.39 is 13.4 Å². The fourth-order valence-corrected chi connectivity index (χ4v) is 4.68. The van der Waals surface area contributed by atoms with Gasteiger partial charge in [0.15, 0.2) is 5.78 Å². The zero-order chi connectivity index (χ0) is 17.7. The third-order valence-corrected chi connectivity index (χ3v) is 6.15. The van der Waals surface area contributed by atoms with Gasteiger partial charge in [-0.05, 0) is 50.1 Å². The number of hydrogen-bond donors (Lipinski definition) is 1. The molecule has 2 aromatic rings. The van der Waals surface area contributed by atoms with Crippen molar-refractivity contribution in [3.05, 3.63) is 59.7 Å². The summed E-state index contributed by atoms with van der Waals surface area (Å²) in [5.74, 6) is 0.218. The predicted molar refractivity (Wildman–Crippen MR) is 99.3 cm³/mol. The molecule has 1 aliphatic rings. The Balaban J connectivity index is 1.90. The van der Waals surface area contributed by atoms with Crippen molar-refractivity contribution < 1.29 is 18.3 Å². The van der Waals surface area contributed by atoms with Gasteiger partial charge in [-0.3, -0.25) is 4.57 Å². The van der Waals surface area contributed by atoms with Gasteiger partial charge in [0.1, 0.15) is 5.75 Å². The highest BCUT2D eigenvalue weighted by atomic mass is 31.2. The molecule has 0 amide bonds. The van der Waals surface area contributed by atoms with Crippen LogP contribution in [0.15, 0.2) is 48.5 Å². The van der Waals surface area contributed by atoms with Crippen molar-refractivity contribution in [3.63, 3.8) is 0 Å². The lowest BCUT2D eigenvalue weighted by Gasteiger charge is -2.31. The van der Waals surface area contributed by atoms with Crippen molar-refractivity contribution in [1.29, 1.82) is 0 Å². The van der Waals surface area contributed by atoms with Crippen LogP contribution in [0.5, 0.6) is 5.75 Å². The molecule has 2 aromatic carbocycles. The molecular formula is C19H24NO4P. The molecule has 1 saturated heterocycles. The minimum Gasteiger partial charge on any atom is -0.494 e. The number of hydrogen-bond acceptors (Lipinski definition) is 5. The molecule has 0 bridgehead atoms. The van der Waals surface area contributed by atoms with Crippen molar-refractivity contribution in [2.45, 2.75) is 26.1 Å². The van der Waals surface area contributed by atoms with Crippen LogP contribution in [0.3, 0.4) is 0 Å². The summed E-state index contributed by atoms with van der Waals surface area (Å²) in [5, 5.41) is 3.33. The van der Waals surface area contributed by atoms with Crippen LogP contribution in [0.25, 0.3) is 0 Å². The normalized spacial score (nSPS) is 17.7. The second-order valence-corrected chi connectivity index (χ2v) is 8.09. The molecule has 134 valence electrons. The summed E-state index contributed by atoms with van der Waals surface area (Å²) in [5.41, 5.74) is 2.88. The van der Waals surface area contributed by atoms with Crippen LogP contribution in [0.1, 0.15) is 30.3 Å². The second-order valence-electron chi connectivity index (χ2n) is 5.97. The molecule has 6 heteroatoms. The fraction of sp³-hybridized carbons (Fsp3) is 0.368. The Morgan fingerprint density at radius 1 is 1.08 bits per heavy atom. The van der Waals surface area contributed by atoms with Gasteiger partial charge in [-0.2, -0.15) is 0 Å². The maximum absolute atomic E-state index is 13.3. The summed E-state index contributed by atoms with van der Waals surface area (Å²) in [6.45, 7) is 5.47. The molecule has 25 heavy (non-hydrogen) atoms. The third-order valence-electron chi connectivity index (χ3n) is 4.01. The highest BCUT2D eigenvalue weighted by Gasteiger charge is 2.39. The maximum Gasteiger partial charge on any atom is 0.357 e. The SMILES string of the molecule is CCOc1ccc([C@@H](Nc2ccc(C)cc2)P2(=O)OCCCO2)cc1. The Hall–Kier alpha value is -1.81. The Morgan fingerprint density at radius 3 is 2.32 bits per heavy atom. The quantitative estimate of drug-likeness (QED) is 0.723. The van der Waals surface area contributed by atoms with Gasteiger partial charge in [0.25, 0.3) is 0 Å². The van der Waals surface area contributed by atoms with Crippen LogP contribution < -0.4 is 10.1 Å². The largest absolute Gasteiger partial charge is 0.494 e. The summed E-state index contributed by atoms with van der Waals surface area (Å²) in [4.78, 5) is 0. The Labute approximate surface area is 148 Å². The van der Waals surface area contributed by atoms with E-state index in [9.17, 15) is 4.57 Å². The molecule has 3 rings (SSSR count). The first-order chi connectivity index (χ1) is 12.1. The van der Waals surface area contributed by atoms with Crippen LogP contribution >= 0.6 is 7.60 Å². The van der Waals surface area contributed by atoms with Crippen LogP contribution in [0, 0.1) is 6.92 Å². The summed E-state index contributed by atoms with van der Waals surface area (Å²) >= 11 is 0. The number of anilines is 1.